The van der Waals surface area contributed by atoms with E-state index in [1.54, 1.807) is 30.3 Å². The standard InChI is InChI=1S/C10H10F3N3O/c11-10(12,13)6-15-9(16-7-14)17-8-4-2-1-3-5-8/h1-5,7H,6H2,(H2,14,15,16). The van der Waals surface area contributed by atoms with Gasteiger partial charge >= 0.3 is 12.2 Å². The fraction of sp³-hybridized carbons (Fsp3) is 0.200. The van der Waals surface area contributed by atoms with E-state index in [0.717, 1.165) is 6.34 Å². The van der Waals surface area contributed by atoms with Crippen molar-refractivity contribution in [2.24, 2.45) is 15.7 Å². The van der Waals surface area contributed by atoms with Gasteiger partial charge in [-0.1, -0.05) is 18.2 Å². The first-order chi connectivity index (χ1) is 8.01. The Morgan fingerprint density at radius 1 is 1.29 bits per heavy atom. The van der Waals surface area contributed by atoms with E-state index in [2.05, 4.69) is 9.98 Å². The van der Waals surface area contributed by atoms with Crippen molar-refractivity contribution >= 4 is 12.4 Å². The fourth-order valence-electron chi connectivity index (χ4n) is 0.914. The normalized spacial score (nSPS) is 13.0. The third-order valence-corrected chi connectivity index (χ3v) is 1.53. The van der Waals surface area contributed by atoms with Gasteiger partial charge in [0.1, 0.15) is 12.3 Å². The van der Waals surface area contributed by atoms with Crippen LogP contribution in [0.1, 0.15) is 0 Å². The van der Waals surface area contributed by atoms with Crippen molar-refractivity contribution in [2.45, 2.75) is 6.18 Å². The zero-order valence-corrected chi connectivity index (χ0v) is 8.69. The second-order valence-electron chi connectivity index (χ2n) is 2.91. The van der Waals surface area contributed by atoms with Gasteiger partial charge in [0.15, 0.2) is 0 Å². The van der Waals surface area contributed by atoms with Gasteiger partial charge in [-0.3, -0.25) is 0 Å². The number of nitrogens with zero attached hydrogens (tertiary/aromatic N) is 2. The monoisotopic (exact) mass is 245 g/mol. The van der Waals surface area contributed by atoms with Crippen LogP contribution < -0.4 is 10.5 Å². The molecule has 0 heterocycles. The fourth-order valence-corrected chi connectivity index (χ4v) is 0.914. The summed E-state index contributed by atoms with van der Waals surface area (Å²) in [4.78, 5) is 6.57. The third-order valence-electron chi connectivity index (χ3n) is 1.53. The minimum atomic E-state index is -4.41. The average molecular weight is 245 g/mol. The summed E-state index contributed by atoms with van der Waals surface area (Å²) in [6.45, 7) is -1.37. The molecule has 0 saturated heterocycles. The van der Waals surface area contributed by atoms with Crippen molar-refractivity contribution in [3.63, 3.8) is 0 Å². The first-order valence-electron chi connectivity index (χ1n) is 4.59. The molecule has 0 saturated carbocycles. The number of hydrogen-bond donors (Lipinski definition) is 1. The summed E-state index contributed by atoms with van der Waals surface area (Å²) in [5.74, 6) is 0.332. The Balaban J connectivity index is 2.73. The predicted octanol–water partition coefficient (Wildman–Crippen LogP) is 1.97. The quantitative estimate of drug-likeness (QED) is 0.639. The van der Waals surface area contributed by atoms with Crippen molar-refractivity contribution in [2.75, 3.05) is 6.54 Å². The van der Waals surface area contributed by atoms with E-state index in [1.165, 1.54) is 0 Å². The number of halogens is 3. The van der Waals surface area contributed by atoms with E-state index >= 15 is 0 Å². The molecule has 17 heavy (non-hydrogen) atoms. The van der Waals surface area contributed by atoms with E-state index in [-0.39, 0.29) is 0 Å². The third kappa shape index (κ3) is 5.55. The first kappa shape index (κ1) is 13.0. The van der Waals surface area contributed by atoms with Gasteiger partial charge in [0.2, 0.25) is 0 Å². The molecule has 7 heteroatoms. The largest absolute Gasteiger partial charge is 0.425 e. The highest BCUT2D eigenvalue weighted by Crippen LogP contribution is 2.15. The summed E-state index contributed by atoms with van der Waals surface area (Å²) in [6.07, 6.45) is -3.59. The molecule has 0 aliphatic carbocycles. The van der Waals surface area contributed by atoms with Crippen LogP contribution in [0.2, 0.25) is 0 Å². The minimum Gasteiger partial charge on any atom is -0.425 e. The lowest BCUT2D eigenvalue weighted by molar-refractivity contribution is -0.118. The number of amidine groups is 1. The first-order valence-corrected chi connectivity index (χ1v) is 4.59. The lowest BCUT2D eigenvalue weighted by Crippen LogP contribution is -2.16. The number of ether oxygens (including phenoxy) is 1. The molecule has 0 radical (unpaired) electrons. The number of para-hydroxylation sites is 1. The topological polar surface area (TPSA) is 60.0 Å². The number of aliphatic imine (C=N–C) groups is 2. The van der Waals surface area contributed by atoms with Crippen LogP contribution in [0.5, 0.6) is 5.75 Å². The van der Waals surface area contributed by atoms with E-state index in [0.29, 0.717) is 5.75 Å². The molecule has 1 aromatic rings. The molecule has 0 atom stereocenters. The molecule has 0 aliphatic rings. The Labute approximate surface area is 95.6 Å². The Hall–Kier alpha value is -2.05. The van der Waals surface area contributed by atoms with Gasteiger partial charge in [-0.25, -0.2) is 4.99 Å². The maximum Gasteiger partial charge on any atom is 0.408 e. The van der Waals surface area contributed by atoms with E-state index in [4.69, 9.17) is 10.5 Å². The molecular formula is C10H10F3N3O. The Morgan fingerprint density at radius 3 is 2.47 bits per heavy atom. The van der Waals surface area contributed by atoms with Crippen molar-refractivity contribution in [3.8, 4) is 5.75 Å². The number of hydrogen-bond acceptors (Lipinski definition) is 2. The Bertz CT molecular complexity index is 401. The van der Waals surface area contributed by atoms with Crippen LogP contribution in [0.25, 0.3) is 0 Å². The summed E-state index contributed by atoms with van der Waals surface area (Å²) in [5.41, 5.74) is 4.99. The number of nitrogens with two attached hydrogens (primary N) is 1. The van der Waals surface area contributed by atoms with Gasteiger partial charge < -0.3 is 10.5 Å². The highest BCUT2D eigenvalue weighted by atomic mass is 19.4. The molecule has 4 nitrogen and oxygen atoms in total. The molecule has 2 N–H and O–H groups in total. The van der Waals surface area contributed by atoms with Crippen molar-refractivity contribution in [1.82, 2.24) is 0 Å². The second kappa shape index (κ2) is 5.88. The Morgan fingerprint density at radius 2 is 1.94 bits per heavy atom. The zero-order valence-electron chi connectivity index (χ0n) is 8.69. The van der Waals surface area contributed by atoms with Crippen LogP contribution >= 0.6 is 0 Å². The predicted molar refractivity (Wildman–Crippen MR) is 58.1 cm³/mol. The number of benzene rings is 1. The molecule has 0 aromatic heterocycles. The Kier molecular flexibility index (Phi) is 4.50. The summed E-state index contributed by atoms with van der Waals surface area (Å²) < 4.78 is 40.9. The molecule has 0 aliphatic heterocycles. The maximum absolute atomic E-state index is 11.9. The molecule has 0 fully saturated rings. The molecule has 1 aromatic carbocycles. The zero-order chi connectivity index (χ0) is 12.7. The lowest BCUT2D eigenvalue weighted by atomic mass is 10.3. The van der Waals surface area contributed by atoms with E-state index < -0.39 is 18.7 Å². The van der Waals surface area contributed by atoms with Crippen molar-refractivity contribution in [3.05, 3.63) is 30.3 Å². The molecule has 1 rings (SSSR count). The molecule has 0 bridgehead atoms. The summed E-state index contributed by atoms with van der Waals surface area (Å²) >= 11 is 0. The van der Waals surface area contributed by atoms with Gasteiger partial charge in [0, 0.05) is 0 Å². The van der Waals surface area contributed by atoms with E-state index in [9.17, 15) is 13.2 Å². The average Bonchev–Trinajstić information content (AvgIpc) is 2.27. The van der Waals surface area contributed by atoms with Crippen LogP contribution in [0.4, 0.5) is 13.2 Å². The van der Waals surface area contributed by atoms with Crippen LogP contribution in [0.3, 0.4) is 0 Å². The lowest BCUT2D eigenvalue weighted by Gasteiger charge is -2.05. The highest BCUT2D eigenvalue weighted by molar-refractivity contribution is 5.83. The van der Waals surface area contributed by atoms with Crippen molar-refractivity contribution in [1.29, 1.82) is 0 Å². The molecular weight excluding hydrogens is 235 g/mol. The van der Waals surface area contributed by atoms with E-state index in [1.807, 2.05) is 0 Å². The van der Waals surface area contributed by atoms with Gasteiger partial charge in [-0.05, 0) is 12.1 Å². The van der Waals surface area contributed by atoms with Crippen molar-refractivity contribution < 1.29 is 17.9 Å². The number of alkyl halides is 3. The number of rotatable bonds is 2. The molecule has 0 amide bonds. The summed E-state index contributed by atoms with van der Waals surface area (Å²) in [7, 11) is 0. The minimum absolute atomic E-state index is 0.332. The summed E-state index contributed by atoms with van der Waals surface area (Å²) in [6, 6.07) is 7.78. The second-order valence-corrected chi connectivity index (χ2v) is 2.91. The van der Waals surface area contributed by atoms with Crippen LogP contribution in [-0.2, 0) is 0 Å². The van der Waals surface area contributed by atoms with Gasteiger partial charge in [-0.15, -0.1) is 0 Å². The highest BCUT2D eigenvalue weighted by Gasteiger charge is 2.27. The molecule has 92 valence electrons. The van der Waals surface area contributed by atoms with Crippen LogP contribution in [-0.4, -0.2) is 25.1 Å². The van der Waals surface area contributed by atoms with Gasteiger partial charge in [0.25, 0.3) is 0 Å². The smallest absolute Gasteiger partial charge is 0.408 e. The van der Waals surface area contributed by atoms with Gasteiger partial charge in [0.05, 0.1) is 6.34 Å². The summed E-state index contributed by atoms with van der Waals surface area (Å²) in [5, 5.41) is 0. The molecule has 0 unspecified atom stereocenters. The maximum atomic E-state index is 11.9. The van der Waals surface area contributed by atoms with Crippen LogP contribution in [0.15, 0.2) is 40.3 Å². The van der Waals surface area contributed by atoms with Gasteiger partial charge in [-0.2, -0.15) is 18.2 Å². The van der Waals surface area contributed by atoms with Crippen LogP contribution in [0, 0.1) is 0 Å². The SMILES string of the molecule is NC=NC(=NCC(F)(F)F)Oc1ccccc1. The molecule has 0 spiro atoms.